The number of aromatic amines is 1. The van der Waals surface area contributed by atoms with Gasteiger partial charge in [0.1, 0.15) is 0 Å². The number of carbonyl (C=O) groups is 1. The Hall–Kier alpha value is -2.60. The molecule has 1 unspecified atom stereocenters. The predicted octanol–water partition coefficient (Wildman–Crippen LogP) is 3.56. The van der Waals surface area contributed by atoms with Crippen molar-refractivity contribution in [1.82, 2.24) is 24.8 Å². The summed E-state index contributed by atoms with van der Waals surface area (Å²) in [6.45, 7) is 3.68. The second-order valence-electron chi connectivity index (χ2n) is 9.49. The molecule has 3 aromatic rings. The molecule has 1 fully saturated rings. The van der Waals surface area contributed by atoms with Crippen LogP contribution in [0.3, 0.4) is 0 Å². The zero-order chi connectivity index (χ0) is 21.5. The molecule has 1 saturated heterocycles. The lowest BCUT2D eigenvalue weighted by Gasteiger charge is -2.45. The van der Waals surface area contributed by atoms with Crippen molar-refractivity contribution in [2.75, 3.05) is 20.1 Å². The Morgan fingerprint density at radius 3 is 3.00 bits per heavy atom. The fourth-order valence-electron chi connectivity index (χ4n) is 5.98. The molecule has 31 heavy (non-hydrogen) atoms. The van der Waals surface area contributed by atoms with Crippen LogP contribution in [0.5, 0.6) is 0 Å². The summed E-state index contributed by atoms with van der Waals surface area (Å²) in [6.07, 6.45) is 10.0. The van der Waals surface area contributed by atoms with Crippen molar-refractivity contribution >= 4 is 16.8 Å². The Bertz CT molecular complexity index is 1070. The lowest BCUT2D eigenvalue weighted by Crippen LogP contribution is -2.51. The number of nitrogens with one attached hydrogen (secondary N) is 2. The largest absolute Gasteiger partial charge is 0.355 e. The Morgan fingerprint density at radius 2 is 2.23 bits per heavy atom. The van der Waals surface area contributed by atoms with Gasteiger partial charge in [-0.05, 0) is 43.5 Å². The number of fused-ring (bicyclic) bond motifs is 2. The average molecular weight is 420 g/mol. The second kappa shape index (κ2) is 8.15. The molecule has 6 heteroatoms. The van der Waals surface area contributed by atoms with Gasteiger partial charge in [0.25, 0.3) is 0 Å². The topological polar surface area (TPSA) is 66.0 Å². The minimum Gasteiger partial charge on any atom is -0.355 e. The van der Waals surface area contributed by atoms with Crippen LogP contribution in [-0.2, 0) is 18.3 Å². The summed E-state index contributed by atoms with van der Waals surface area (Å²) in [7, 11) is 4.33. The van der Waals surface area contributed by atoms with E-state index in [0.29, 0.717) is 24.4 Å². The number of aromatic nitrogens is 3. The number of hydrogen-bond donors (Lipinski definition) is 2. The smallest absolute Gasteiger partial charge is 0.224 e. The van der Waals surface area contributed by atoms with Crippen LogP contribution in [0.4, 0.5) is 0 Å². The average Bonchev–Trinajstić information content (AvgIpc) is 3.41. The van der Waals surface area contributed by atoms with E-state index in [1.54, 1.807) is 6.33 Å². The van der Waals surface area contributed by atoms with Crippen LogP contribution in [-0.4, -0.2) is 51.5 Å². The molecule has 164 valence electrons. The van der Waals surface area contributed by atoms with E-state index in [0.717, 1.165) is 37.9 Å². The van der Waals surface area contributed by atoms with Gasteiger partial charge in [0.2, 0.25) is 5.91 Å². The first kappa shape index (κ1) is 20.3. The Balaban J connectivity index is 1.33. The first-order valence-electron chi connectivity index (χ1n) is 11.6. The molecular weight excluding hydrogens is 386 g/mol. The number of rotatable bonds is 6. The van der Waals surface area contributed by atoms with Gasteiger partial charge in [-0.1, -0.05) is 25.5 Å². The lowest BCUT2D eigenvalue weighted by atomic mass is 9.72. The van der Waals surface area contributed by atoms with Crippen LogP contribution >= 0.6 is 0 Å². The Labute approximate surface area is 184 Å². The molecule has 2 aliphatic rings. The highest BCUT2D eigenvalue weighted by molar-refractivity contribution is 5.89. The quantitative estimate of drug-likeness (QED) is 0.642. The number of carbonyl (C=O) groups excluding carboxylic acids is 1. The Kier molecular flexibility index (Phi) is 5.34. The van der Waals surface area contributed by atoms with Crippen LogP contribution in [0, 0.1) is 5.92 Å². The van der Waals surface area contributed by atoms with E-state index >= 15 is 0 Å². The molecule has 0 saturated carbocycles. The summed E-state index contributed by atoms with van der Waals surface area (Å²) < 4.78 is 2.25. The van der Waals surface area contributed by atoms with Crippen LogP contribution in [0.2, 0.25) is 0 Å². The number of nitrogens with zero attached hydrogens (tertiary/aromatic N) is 3. The number of H-pyrrole nitrogens is 1. The summed E-state index contributed by atoms with van der Waals surface area (Å²) in [5, 5.41) is 4.69. The van der Waals surface area contributed by atoms with Gasteiger partial charge in [-0.25, -0.2) is 4.98 Å². The van der Waals surface area contributed by atoms with E-state index in [1.807, 2.05) is 6.20 Å². The van der Waals surface area contributed by atoms with Gasteiger partial charge in [0.15, 0.2) is 0 Å². The summed E-state index contributed by atoms with van der Waals surface area (Å²) in [5.41, 5.74) is 5.29. The highest BCUT2D eigenvalue weighted by atomic mass is 16.1. The first-order chi connectivity index (χ1) is 15.1. The summed E-state index contributed by atoms with van der Waals surface area (Å²) in [4.78, 5) is 23.0. The molecule has 0 radical (unpaired) electrons. The minimum atomic E-state index is 0.0239. The molecular formula is C25H33N5O. The van der Waals surface area contributed by atoms with E-state index in [4.69, 9.17) is 0 Å². The second-order valence-corrected chi connectivity index (χ2v) is 9.49. The maximum absolute atomic E-state index is 13.2. The standard InChI is InChI=1S/C25H33N5O/c1-4-6-16(21-12-26-15-28-21)11-27-25(31)18-9-20-19-7-5-8-22-24(19)17(13-29(22)2)10-23(20)30(3)14-18/h5,7-8,12-13,15-16,18,20,23H,4,6,9-11,14H2,1-3H3,(H,26,28)(H,27,31)/t16?,18-,20-,23-/m1/s1. The van der Waals surface area contributed by atoms with Crippen molar-refractivity contribution in [2.45, 2.75) is 50.5 Å². The van der Waals surface area contributed by atoms with Crippen molar-refractivity contribution < 1.29 is 4.79 Å². The van der Waals surface area contributed by atoms with E-state index in [1.165, 1.54) is 22.0 Å². The number of hydrogen-bond acceptors (Lipinski definition) is 3. The van der Waals surface area contributed by atoms with Crippen molar-refractivity contribution in [1.29, 1.82) is 0 Å². The molecule has 2 aromatic heterocycles. The summed E-state index contributed by atoms with van der Waals surface area (Å²) in [6, 6.07) is 7.14. The van der Waals surface area contributed by atoms with Gasteiger partial charge in [0.05, 0.1) is 12.2 Å². The van der Waals surface area contributed by atoms with Gasteiger partial charge < -0.3 is 19.8 Å². The van der Waals surface area contributed by atoms with Gasteiger partial charge in [0, 0.05) is 67.0 Å². The van der Waals surface area contributed by atoms with Crippen molar-refractivity contribution in [2.24, 2.45) is 13.0 Å². The van der Waals surface area contributed by atoms with Crippen LogP contribution in [0.15, 0.2) is 36.9 Å². The summed E-state index contributed by atoms with van der Waals surface area (Å²) >= 11 is 0. The Morgan fingerprint density at radius 1 is 1.35 bits per heavy atom. The van der Waals surface area contributed by atoms with Crippen LogP contribution < -0.4 is 5.32 Å². The molecule has 2 N–H and O–H groups in total. The highest BCUT2D eigenvalue weighted by Crippen LogP contribution is 2.44. The van der Waals surface area contributed by atoms with Gasteiger partial charge in [-0.15, -0.1) is 0 Å². The molecule has 0 bridgehead atoms. The fourth-order valence-corrected chi connectivity index (χ4v) is 5.98. The van der Waals surface area contributed by atoms with Gasteiger partial charge in [-0.2, -0.15) is 0 Å². The van der Waals surface area contributed by atoms with E-state index < -0.39 is 0 Å². The number of aryl methyl sites for hydroxylation is 1. The van der Waals surface area contributed by atoms with E-state index in [9.17, 15) is 4.79 Å². The number of benzene rings is 1. The number of likely N-dealkylation sites (tertiary alicyclic amines) is 1. The fraction of sp³-hybridized carbons (Fsp3) is 0.520. The predicted molar refractivity (Wildman–Crippen MR) is 123 cm³/mol. The lowest BCUT2D eigenvalue weighted by molar-refractivity contribution is -0.127. The van der Waals surface area contributed by atoms with Crippen molar-refractivity contribution in [3.63, 3.8) is 0 Å². The zero-order valence-corrected chi connectivity index (χ0v) is 18.8. The third kappa shape index (κ3) is 3.57. The van der Waals surface area contributed by atoms with Gasteiger partial charge in [-0.3, -0.25) is 4.79 Å². The number of imidazole rings is 1. The maximum Gasteiger partial charge on any atom is 0.224 e. The molecule has 1 amide bonds. The molecule has 1 aliphatic heterocycles. The SMILES string of the molecule is CCCC(CNC(=O)[C@@H]1C[C@@H]2c3cccc4c3c(cn4C)C[C@H]2N(C)C1)c1cnc[nH]1. The third-order valence-electron chi connectivity index (χ3n) is 7.52. The van der Waals surface area contributed by atoms with Crippen LogP contribution in [0.25, 0.3) is 10.9 Å². The molecule has 4 atom stereocenters. The van der Waals surface area contributed by atoms with Crippen LogP contribution in [0.1, 0.15) is 54.8 Å². The third-order valence-corrected chi connectivity index (χ3v) is 7.52. The number of amides is 1. The monoisotopic (exact) mass is 419 g/mol. The molecule has 1 aliphatic carbocycles. The highest BCUT2D eigenvalue weighted by Gasteiger charge is 2.41. The maximum atomic E-state index is 13.2. The van der Waals surface area contributed by atoms with Crippen molar-refractivity contribution in [3.05, 3.63) is 53.7 Å². The van der Waals surface area contributed by atoms with E-state index in [-0.39, 0.29) is 11.8 Å². The normalized spacial score (nSPS) is 24.2. The summed E-state index contributed by atoms with van der Waals surface area (Å²) in [5.74, 6) is 0.917. The first-order valence-corrected chi connectivity index (χ1v) is 11.6. The molecule has 1 aromatic carbocycles. The van der Waals surface area contributed by atoms with Crippen molar-refractivity contribution in [3.8, 4) is 0 Å². The minimum absolute atomic E-state index is 0.0239. The molecule has 6 nitrogen and oxygen atoms in total. The number of piperidine rings is 1. The molecule has 0 spiro atoms. The molecule has 5 rings (SSSR count). The number of likely N-dealkylation sites (N-methyl/N-ethyl adjacent to an activating group) is 1. The molecule has 3 heterocycles. The zero-order valence-electron chi connectivity index (χ0n) is 18.8. The van der Waals surface area contributed by atoms with Gasteiger partial charge >= 0.3 is 0 Å². The van der Waals surface area contributed by atoms with E-state index in [2.05, 4.69) is 70.2 Å².